The zero-order valence-electron chi connectivity index (χ0n) is 14.1. The number of anilines is 3. The van der Waals surface area contributed by atoms with Gasteiger partial charge in [-0.3, -0.25) is 0 Å². The van der Waals surface area contributed by atoms with Crippen LogP contribution in [0.5, 0.6) is 0 Å². The first kappa shape index (κ1) is 19.3. The van der Waals surface area contributed by atoms with Crippen molar-refractivity contribution in [1.82, 2.24) is 14.9 Å². The Hall–Kier alpha value is -2.06. The van der Waals surface area contributed by atoms with Gasteiger partial charge in [0.2, 0.25) is 5.95 Å². The number of nitrogens with zero attached hydrogens (tertiary/aromatic N) is 3. The molecule has 1 aromatic heterocycles. The van der Waals surface area contributed by atoms with E-state index in [4.69, 9.17) is 11.6 Å². The van der Waals surface area contributed by atoms with Crippen LogP contribution in [0.15, 0.2) is 24.3 Å². The smallest absolute Gasteiger partial charge is 0.353 e. The molecule has 0 saturated carbocycles. The molecule has 0 atom stereocenters. The summed E-state index contributed by atoms with van der Waals surface area (Å²) in [6.07, 6.45) is -4.53. The quantitative estimate of drug-likeness (QED) is 0.795. The van der Waals surface area contributed by atoms with Gasteiger partial charge in [-0.05, 0) is 39.2 Å². The summed E-state index contributed by atoms with van der Waals surface area (Å²) in [5, 5.41) is 5.77. The SMILES string of the molecule is Cc1cc(Nc2ccc(Cl)cc2C(F)(F)F)nc(NCCN(C)C)n1. The second-order valence-electron chi connectivity index (χ2n) is 5.76. The Morgan fingerprint density at radius 1 is 1.16 bits per heavy atom. The van der Waals surface area contributed by atoms with Crippen molar-refractivity contribution in [1.29, 1.82) is 0 Å². The van der Waals surface area contributed by atoms with E-state index in [0.717, 1.165) is 12.6 Å². The van der Waals surface area contributed by atoms with Crippen LogP contribution >= 0.6 is 11.6 Å². The molecule has 0 bridgehead atoms. The fraction of sp³-hybridized carbons (Fsp3) is 0.375. The van der Waals surface area contributed by atoms with E-state index in [-0.39, 0.29) is 16.5 Å². The molecule has 25 heavy (non-hydrogen) atoms. The fourth-order valence-corrected chi connectivity index (χ4v) is 2.27. The number of hydrogen-bond donors (Lipinski definition) is 2. The molecule has 2 N–H and O–H groups in total. The Kier molecular flexibility index (Phi) is 6.07. The Bertz CT molecular complexity index is 734. The van der Waals surface area contributed by atoms with E-state index in [2.05, 4.69) is 20.6 Å². The summed E-state index contributed by atoms with van der Waals surface area (Å²) in [4.78, 5) is 10.4. The molecule has 9 heteroatoms. The second-order valence-corrected chi connectivity index (χ2v) is 6.20. The Balaban J connectivity index is 2.24. The Morgan fingerprint density at radius 2 is 1.88 bits per heavy atom. The molecular formula is C16H19ClF3N5. The van der Waals surface area contributed by atoms with Gasteiger partial charge in [0, 0.05) is 29.9 Å². The summed E-state index contributed by atoms with van der Waals surface area (Å²) in [5.41, 5.74) is -0.333. The van der Waals surface area contributed by atoms with E-state index >= 15 is 0 Å². The molecular weight excluding hydrogens is 355 g/mol. The van der Waals surface area contributed by atoms with E-state index in [1.165, 1.54) is 12.1 Å². The predicted octanol–water partition coefficient (Wildman–Crippen LogP) is 4.17. The Morgan fingerprint density at radius 3 is 2.52 bits per heavy atom. The van der Waals surface area contributed by atoms with E-state index in [1.54, 1.807) is 13.0 Å². The maximum atomic E-state index is 13.2. The molecule has 0 spiro atoms. The zero-order valence-corrected chi connectivity index (χ0v) is 14.8. The molecule has 5 nitrogen and oxygen atoms in total. The van der Waals surface area contributed by atoms with Crippen LogP contribution < -0.4 is 10.6 Å². The average Bonchev–Trinajstić information content (AvgIpc) is 2.47. The van der Waals surface area contributed by atoms with Crippen LogP contribution in [-0.2, 0) is 6.18 Å². The molecule has 0 radical (unpaired) electrons. The van der Waals surface area contributed by atoms with Crippen molar-refractivity contribution < 1.29 is 13.2 Å². The minimum atomic E-state index is -4.53. The number of alkyl halides is 3. The van der Waals surface area contributed by atoms with Crippen LogP contribution in [0.3, 0.4) is 0 Å². The number of rotatable bonds is 6. The molecule has 0 aliphatic heterocycles. The van der Waals surface area contributed by atoms with Gasteiger partial charge in [0.1, 0.15) is 5.82 Å². The van der Waals surface area contributed by atoms with Crippen LogP contribution in [0.1, 0.15) is 11.3 Å². The summed E-state index contributed by atoms with van der Waals surface area (Å²) in [6, 6.07) is 5.13. The van der Waals surface area contributed by atoms with Crippen molar-refractivity contribution >= 4 is 29.1 Å². The van der Waals surface area contributed by atoms with Crippen LogP contribution in [-0.4, -0.2) is 42.1 Å². The highest BCUT2D eigenvalue weighted by molar-refractivity contribution is 6.30. The third kappa shape index (κ3) is 5.75. The van der Waals surface area contributed by atoms with Crippen LogP contribution in [0.4, 0.5) is 30.6 Å². The van der Waals surface area contributed by atoms with Gasteiger partial charge >= 0.3 is 6.18 Å². The lowest BCUT2D eigenvalue weighted by molar-refractivity contribution is -0.136. The third-order valence-electron chi connectivity index (χ3n) is 3.25. The summed E-state index contributed by atoms with van der Waals surface area (Å²) in [5.74, 6) is 0.625. The highest BCUT2D eigenvalue weighted by Gasteiger charge is 2.34. The van der Waals surface area contributed by atoms with Gasteiger partial charge in [-0.2, -0.15) is 18.2 Å². The number of likely N-dealkylation sites (N-methyl/N-ethyl adjacent to an activating group) is 1. The predicted molar refractivity (Wildman–Crippen MR) is 93.5 cm³/mol. The van der Waals surface area contributed by atoms with E-state index in [0.29, 0.717) is 18.2 Å². The topological polar surface area (TPSA) is 53.1 Å². The van der Waals surface area contributed by atoms with Crippen molar-refractivity contribution in [3.8, 4) is 0 Å². The van der Waals surface area contributed by atoms with Gasteiger partial charge in [0.05, 0.1) is 11.3 Å². The standard InChI is InChI=1S/C16H19ClF3N5/c1-10-8-14(24-15(22-10)21-6-7-25(2)3)23-13-5-4-11(17)9-12(13)16(18,19)20/h4-5,8-9H,6-7H2,1-3H3,(H2,21,22,23,24). The number of aryl methyl sites for hydroxylation is 1. The fourth-order valence-electron chi connectivity index (χ4n) is 2.10. The molecule has 0 aliphatic rings. The molecule has 0 amide bonds. The molecule has 2 rings (SSSR count). The van der Waals surface area contributed by atoms with Crippen molar-refractivity contribution in [2.24, 2.45) is 0 Å². The lowest BCUT2D eigenvalue weighted by Gasteiger charge is -2.16. The maximum Gasteiger partial charge on any atom is 0.418 e. The molecule has 1 heterocycles. The average molecular weight is 374 g/mol. The van der Waals surface area contributed by atoms with Gasteiger partial charge in [0.15, 0.2) is 0 Å². The molecule has 136 valence electrons. The van der Waals surface area contributed by atoms with E-state index < -0.39 is 11.7 Å². The monoisotopic (exact) mass is 373 g/mol. The molecule has 0 aliphatic carbocycles. The highest BCUT2D eigenvalue weighted by atomic mass is 35.5. The van der Waals surface area contributed by atoms with E-state index in [1.807, 2.05) is 19.0 Å². The number of hydrogen-bond acceptors (Lipinski definition) is 5. The van der Waals surface area contributed by atoms with Gasteiger partial charge in [-0.25, -0.2) is 4.98 Å². The van der Waals surface area contributed by atoms with Crippen LogP contribution in [0.25, 0.3) is 0 Å². The normalized spacial score (nSPS) is 11.7. The van der Waals surface area contributed by atoms with E-state index in [9.17, 15) is 13.2 Å². The molecule has 0 unspecified atom stereocenters. The molecule has 2 aromatic rings. The highest BCUT2D eigenvalue weighted by Crippen LogP contribution is 2.37. The first-order valence-corrected chi connectivity index (χ1v) is 7.91. The van der Waals surface area contributed by atoms with Crippen LogP contribution in [0.2, 0.25) is 5.02 Å². The lowest BCUT2D eigenvalue weighted by Crippen LogP contribution is -2.21. The number of aromatic nitrogens is 2. The van der Waals surface area contributed by atoms with Crippen molar-refractivity contribution in [2.75, 3.05) is 37.8 Å². The third-order valence-corrected chi connectivity index (χ3v) is 3.48. The molecule has 0 saturated heterocycles. The summed E-state index contributed by atoms with van der Waals surface area (Å²) in [6.45, 7) is 3.14. The van der Waals surface area contributed by atoms with Gasteiger partial charge in [0.25, 0.3) is 0 Å². The minimum Gasteiger partial charge on any atom is -0.353 e. The summed E-state index contributed by atoms with van der Waals surface area (Å²) >= 11 is 5.69. The lowest BCUT2D eigenvalue weighted by atomic mass is 10.1. The van der Waals surface area contributed by atoms with Crippen molar-refractivity contribution in [3.05, 3.63) is 40.5 Å². The van der Waals surface area contributed by atoms with Crippen LogP contribution in [0, 0.1) is 6.92 Å². The first-order valence-electron chi connectivity index (χ1n) is 7.53. The number of benzene rings is 1. The summed E-state index contributed by atoms with van der Waals surface area (Å²) in [7, 11) is 3.87. The van der Waals surface area contributed by atoms with Gasteiger partial charge in [-0.15, -0.1) is 0 Å². The molecule has 1 aromatic carbocycles. The van der Waals surface area contributed by atoms with Gasteiger partial charge < -0.3 is 15.5 Å². The van der Waals surface area contributed by atoms with Crippen molar-refractivity contribution in [2.45, 2.75) is 13.1 Å². The molecule has 0 fully saturated rings. The van der Waals surface area contributed by atoms with Crippen molar-refractivity contribution in [3.63, 3.8) is 0 Å². The number of halogens is 4. The summed E-state index contributed by atoms with van der Waals surface area (Å²) < 4.78 is 39.6. The largest absolute Gasteiger partial charge is 0.418 e. The maximum absolute atomic E-state index is 13.2. The Labute approximate surface area is 149 Å². The first-order chi connectivity index (χ1) is 11.6. The van der Waals surface area contributed by atoms with Gasteiger partial charge in [-0.1, -0.05) is 11.6 Å². The number of nitrogens with one attached hydrogen (secondary N) is 2. The zero-order chi connectivity index (χ0) is 18.6. The second kappa shape index (κ2) is 7.88. The minimum absolute atomic E-state index is 0.0165.